The molecule has 1 amide bonds. The molecule has 2 aromatic rings. The molecule has 1 N–H and O–H groups in total. The molecule has 0 aliphatic carbocycles. The zero-order valence-electron chi connectivity index (χ0n) is 17.5. The lowest BCUT2D eigenvalue weighted by Crippen LogP contribution is -2.23. The number of nitro benzene ring substituents is 1. The highest BCUT2D eigenvalue weighted by molar-refractivity contribution is 8.18. The number of benzene rings is 2. The number of terminal acetylenes is 1. The highest BCUT2D eigenvalue weighted by Crippen LogP contribution is 2.40. The smallest absolute Gasteiger partial charge is 0.335 e. The van der Waals surface area contributed by atoms with Gasteiger partial charge in [-0.25, -0.2) is 9.79 Å². The predicted octanol–water partition coefficient (Wildman–Crippen LogP) is 3.55. The van der Waals surface area contributed by atoms with Crippen LogP contribution in [-0.2, 0) is 4.79 Å². The lowest BCUT2D eigenvalue weighted by Gasteiger charge is -2.12. The van der Waals surface area contributed by atoms with Crippen molar-refractivity contribution in [2.24, 2.45) is 4.99 Å². The molecule has 10 nitrogen and oxygen atoms in total. The van der Waals surface area contributed by atoms with E-state index in [9.17, 15) is 19.7 Å². The Bertz CT molecular complexity index is 1250. The fourth-order valence-corrected chi connectivity index (χ4v) is 3.83. The molecule has 0 atom stereocenters. The lowest BCUT2D eigenvalue weighted by atomic mass is 10.1. The van der Waals surface area contributed by atoms with Gasteiger partial charge >= 0.3 is 5.97 Å². The first-order valence-electron chi connectivity index (χ1n) is 9.27. The number of likely N-dealkylation sites (N-methyl/N-ethyl adjacent to an activating group) is 1. The summed E-state index contributed by atoms with van der Waals surface area (Å²) in [5.41, 5.74) is 0.390. The third-order valence-electron chi connectivity index (χ3n) is 4.41. The molecule has 1 fully saturated rings. The standard InChI is InChI=1S/C22H17N3O7S/c1-4-8-32-19-14(10-16(25(29)30)12-17(19)31-3)11-18-20(26)24(2)22(33-18)23-15-7-5-6-13(9-15)21(27)28/h1,5-7,9-12H,8H2,2-3H3,(H,27,28)/b18-11+,23-22?. The van der Waals surface area contributed by atoms with Crippen molar-refractivity contribution in [3.8, 4) is 23.8 Å². The van der Waals surface area contributed by atoms with Crippen LogP contribution in [-0.4, -0.2) is 52.7 Å². The number of hydrogen-bond donors (Lipinski definition) is 1. The molecule has 0 aromatic heterocycles. The largest absolute Gasteiger partial charge is 0.493 e. The van der Waals surface area contributed by atoms with Crippen LogP contribution in [0, 0.1) is 22.5 Å². The van der Waals surface area contributed by atoms with E-state index in [0.29, 0.717) is 10.9 Å². The topological polar surface area (TPSA) is 132 Å². The van der Waals surface area contributed by atoms with Crippen LogP contribution in [0.5, 0.6) is 11.5 Å². The summed E-state index contributed by atoms with van der Waals surface area (Å²) in [4.78, 5) is 40.6. The molecule has 0 saturated carbocycles. The molecule has 168 valence electrons. The number of non-ortho nitro benzene ring substituents is 1. The number of carbonyl (C=O) groups is 2. The van der Waals surface area contributed by atoms with Gasteiger partial charge in [-0.2, -0.15) is 0 Å². The van der Waals surface area contributed by atoms with Crippen molar-refractivity contribution in [3.05, 3.63) is 62.5 Å². The Morgan fingerprint density at radius 3 is 2.79 bits per heavy atom. The molecule has 3 rings (SSSR count). The summed E-state index contributed by atoms with van der Waals surface area (Å²) in [6.07, 6.45) is 6.70. The highest BCUT2D eigenvalue weighted by Gasteiger charge is 2.31. The van der Waals surface area contributed by atoms with Crippen molar-refractivity contribution in [3.63, 3.8) is 0 Å². The van der Waals surface area contributed by atoms with Crippen LogP contribution in [0.25, 0.3) is 6.08 Å². The molecule has 33 heavy (non-hydrogen) atoms. The Kier molecular flexibility index (Phi) is 7.00. The summed E-state index contributed by atoms with van der Waals surface area (Å²) in [7, 11) is 2.85. The van der Waals surface area contributed by atoms with Gasteiger partial charge in [-0.1, -0.05) is 12.0 Å². The van der Waals surface area contributed by atoms with E-state index in [1.807, 2.05) is 0 Å². The van der Waals surface area contributed by atoms with Gasteiger partial charge in [0.2, 0.25) is 0 Å². The number of methoxy groups -OCH3 is 1. The summed E-state index contributed by atoms with van der Waals surface area (Å²) in [5, 5.41) is 20.8. The Labute approximate surface area is 192 Å². The van der Waals surface area contributed by atoms with Crippen LogP contribution >= 0.6 is 11.8 Å². The van der Waals surface area contributed by atoms with Gasteiger partial charge in [0.15, 0.2) is 16.7 Å². The number of aliphatic imine (C=N–C) groups is 1. The SMILES string of the molecule is C#CCOc1c(/C=C2/SC(=Nc3cccc(C(=O)O)c3)N(C)C2=O)cc([N+](=O)[O-])cc1OC. The van der Waals surface area contributed by atoms with Crippen molar-refractivity contribution in [1.29, 1.82) is 0 Å². The molecule has 1 aliphatic rings. The third-order valence-corrected chi connectivity index (χ3v) is 5.47. The van der Waals surface area contributed by atoms with Crippen molar-refractivity contribution in [2.75, 3.05) is 20.8 Å². The second kappa shape index (κ2) is 9.88. The number of thioether (sulfide) groups is 1. The van der Waals surface area contributed by atoms with Gasteiger partial charge in [0.25, 0.3) is 11.6 Å². The van der Waals surface area contributed by atoms with E-state index in [2.05, 4.69) is 10.9 Å². The fraction of sp³-hybridized carbons (Fsp3) is 0.136. The van der Waals surface area contributed by atoms with Crippen LogP contribution in [0.4, 0.5) is 11.4 Å². The summed E-state index contributed by atoms with van der Waals surface area (Å²) >= 11 is 1.02. The van der Waals surface area contributed by atoms with Crippen LogP contribution in [0.3, 0.4) is 0 Å². The zero-order chi connectivity index (χ0) is 24.1. The number of carboxylic acid groups (broad SMARTS) is 1. The normalized spacial score (nSPS) is 15.5. The quantitative estimate of drug-likeness (QED) is 0.283. The van der Waals surface area contributed by atoms with Crippen molar-refractivity contribution >= 4 is 46.3 Å². The first-order chi connectivity index (χ1) is 15.7. The number of ether oxygens (including phenoxy) is 2. The molecule has 0 radical (unpaired) electrons. The second-order valence-electron chi connectivity index (χ2n) is 6.54. The number of amides is 1. The second-order valence-corrected chi connectivity index (χ2v) is 7.55. The van der Waals surface area contributed by atoms with Gasteiger partial charge in [-0.3, -0.25) is 19.8 Å². The lowest BCUT2D eigenvalue weighted by molar-refractivity contribution is -0.385. The zero-order valence-corrected chi connectivity index (χ0v) is 18.3. The van der Waals surface area contributed by atoms with E-state index >= 15 is 0 Å². The van der Waals surface area contributed by atoms with E-state index in [1.165, 1.54) is 49.4 Å². The predicted molar refractivity (Wildman–Crippen MR) is 123 cm³/mol. The number of nitro groups is 1. The van der Waals surface area contributed by atoms with Crippen LogP contribution < -0.4 is 9.47 Å². The molecule has 1 saturated heterocycles. The first kappa shape index (κ1) is 23.4. The molecule has 0 spiro atoms. The van der Waals surface area contributed by atoms with E-state index < -0.39 is 16.8 Å². The number of hydrogen-bond acceptors (Lipinski definition) is 8. The highest BCUT2D eigenvalue weighted by atomic mass is 32.2. The van der Waals surface area contributed by atoms with Gasteiger partial charge < -0.3 is 14.6 Å². The van der Waals surface area contributed by atoms with Crippen molar-refractivity contribution < 1.29 is 29.1 Å². The minimum Gasteiger partial charge on any atom is -0.493 e. The number of carboxylic acids is 1. The average Bonchev–Trinajstić information content (AvgIpc) is 3.05. The molecule has 1 heterocycles. The first-order valence-corrected chi connectivity index (χ1v) is 10.1. The minimum atomic E-state index is -1.10. The van der Waals surface area contributed by atoms with Gasteiger partial charge in [0.05, 0.1) is 34.3 Å². The van der Waals surface area contributed by atoms with Gasteiger partial charge in [0, 0.05) is 18.7 Å². The molecule has 0 bridgehead atoms. The molecule has 1 aliphatic heterocycles. The summed E-state index contributed by atoms with van der Waals surface area (Å²) in [6, 6.07) is 8.42. The Morgan fingerprint density at radius 2 is 2.15 bits per heavy atom. The summed E-state index contributed by atoms with van der Waals surface area (Å²) in [6.45, 7) is -0.113. The Morgan fingerprint density at radius 1 is 1.39 bits per heavy atom. The number of nitrogens with zero attached hydrogens (tertiary/aromatic N) is 3. The number of carbonyl (C=O) groups excluding carboxylic acids is 1. The van der Waals surface area contributed by atoms with Gasteiger partial charge in [-0.05, 0) is 36.0 Å². The molecule has 0 unspecified atom stereocenters. The van der Waals surface area contributed by atoms with E-state index in [0.717, 1.165) is 11.8 Å². The number of amidine groups is 1. The van der Waals surface area contributed by atoms with E-state index in [4.69, 9.17) is 21.0 Å². The van der Waals surface area contributed by atoms with Gasteiger partial charge in [0.1, 0.15) is 6.61 Å². The number of rotatable bonds is 7. The maximum absolute atomic E-state index is 12.8. The molecular formula is C22H17N3O7S. The third kappa shape index (κ3) is 5.13. The van der Waals surface area contributed by atoms with Crippen molar-refractivity contribution in [1.82, 2.24) is 4.90 Å². The van der Waals surface area contributed by atoms with E-state index in [-0.39, 0.29) is 39.8 Å². The van der Waals surface area contributed by atoms with Crippen LogP contribution in [0.1, 0.15) is 15.9 Å². The van der Waals surface area contributed by atoms with Crippen molar-refractivity contribution in [2.45, 2.75) is 0 Å². The summed E-state index contributed by atoms with van der Waals surface area (Å²) in [5.74, 6) is 1.07. The maximum atomic E-state index is 12.8. The van der Waals surface area contributed by atoms with E-state index in [1.54, 1.807) is 12.1 Å². The Hall–Kier alpha value is -4.30. The molecule has 11 heteroatoms. The van der Waals surface area contributed by atoms with Crippen LogP contribution in [0.2, 0.25) is 0 Å². The Balaban J connectivity index is 2.04. The average molecular weight is 467 g/mol. The minimum absolute atomic E-state index is 0.0589. The molecular weight excluding hydrogens is 450 g/mol. The van der Waals surface area contributed by atoms with Gasteiger partial charge in [-0.15, -0.1) is 6.42 Å². The summed E-state index contributed by atoms with van der Waals surface area (Å²) < 4.78 is 10.7. The van der Waals surface area contributed by atoms with Crippen LogP contribution in [0.15, 0.2) is 46.3 Å². The fourth-order valence-electron chi connectivity index (χ4n) is 2.85. The maximum Gasteiger partial charge on any atom is 0.335 e. The monoisotopic (exact) mass is 467 g/mol. The molecule has 2 aromatic carbocycles. The number of aromatic carboxylic acids is 1.